The van der Waals surface area contributed by atoms with Gasteiger partial charge in [-0.05, 0) is 62.9 Å². The number of benzene rings is 2. The molecule has 0 spiro atoms. The lowest BCUT2D eigenvalue weighted by Crippen LogP contribution is -2.16. The number of ether oxygens (including phenoxy) is 2. The highest BCUT2D eigenvalue weighted by molar-refractivity contribution is 5.77. The van der Waals surface area contributed by atoms with Gasteiger partial charge in [-0.25, -0.2) is 0 Å². The highest BCUT2D eigenvalue weighted by Crippen LogP contribution is 2.32. The Hall–Kier alpha value is -2.49. The van der Waals surface area contributed by atoms with E-state index in [1.54, 1.807) is 7.11 Å². The minimum Gasteiger partial charge on any atom is -0.493 e. The van der Waals surface area contributed by atoms with Crippen LogP contribution in [0.1, 0.15) is 42.0 Å². The summed E-state index contributed by atoms with van der Waals surface area (Å²) in [6, 6.07) is 11.5. The van der Waals surface area contributed by atoms with E-state index in [-0.39, 0.29) is 6.10 Å². The molecule has 0 fully saturated rings. The van der Waals surface area contributed by atoms with Crippen LogP contribution in [0, 0.1) is 13.8 Å². The zero-order chi connectivity index (χ0) is 18.6. The van der Waals surface area contributed by atoms with Crippen LogP contribution in [0.15, 0.2) is 36.4 Å². The first-order chi connectivity index (χ1) is 11.8. The van der Waals surface area contributed by atoms with Crippen LogP contribution >= 0.6 is 0 Å². The Kier molecular flexibility index (Phi) is 6.07. The van der Waals surface area contributed by atoms with Crippen molar-refractivity contribution in [3.05, 3.63) is 58.7 Å². The van der Waals surface area contributed by atoms with Crippen molar-refractivity contribution in [3.8, 4) is 11.5 Å². The molecule has 0 amide bonds. The Morgan fingerprint density at radius 2 is 1.80 bits per heavy atom. The van der Waals surface area contributed by atoms with Gasteiger partial charge in [-0.3, -0.25) is 4.79 Å². The van der Waals surface area contributed by atoms with Gasteiger partial charge in [-0.15, -0.1) is 0 Å². The molecular formula is C21H26O4. The topological polar surface area (TPSA) is 55.8 Å². The predicted molar refractivity (Wildman–Crippen MR) is 98.8 cm³/mol. The van der Waals surface area contributed by atoms with Crippen LogP contribution in [0.5, 0.6) is 11.5 Å². The summed E-state index contributed by atoms with van der Waals surface area (Å²) in [4.78, 5) is 11.9. The number of carboxylic acid groups (broad SMARTS) is 1. The van der Waals surface area contributed by atoms with Gasteiger partial charge in [0.15, 0.2) is 11.5 Å². The number of carbonyl (C=O) groups is 1. The van der Waals surface area contributed by atoms with E-state index >= 15 is 0 Å². The highest BCUT2D eigenvalue weighted by Gasteiger charge is 2.23. The molecule has 1 unspecified atom stereocenters. The average Bonchev–Trinajstić information content (AvgIpc) is 2.52. The van der Waals surface area contributed by atoms with Crippen LogP contribution in [0.25, 0.3) is 0 Å². The second-order valence-corrected chi connectivity index (χ2v) is 6.61. The minimum absolute atomic E-state index is 0.0127. The summed E-state index contributed by atoms with van der Waals surface area (Å²) in [5.41, 5.74) is 3.88. The monoisotopic (exact) mass is 342 g/mol. The van der Waals surface area contributed by atoms with Crippen molar-refractivity contribution in [2.45, 2.75) is 46.1 Å². The van der Waals surface area contributed by atoms with Crippen molar-refractivity contribution >= 4 is 5.97 Å². The zero-order valence-electron chi connectivity index (χ0n) is 15.5. The smallest absolute Gasteiger partial charge is 0.311 e. The largest absolute Gasteiger partial charge is 0.493 e. The van der Waals surface area contributed by atoms with Crippen molar-refractivity contribution in [1.29, 1.82) is 0 Å². The van der Waals surface area contributed by atoms with E-state index in [9.17, 15) is 9.90 Å². The first-order valence-electron chi connectivity index (χ1n) is 8.45. The summed E-state index contributed by atoms with van der Waals surface area (Å²) in [7, 11) is 1.60. The maximum absolute atomic E-state index is 11.9. The number of hydrogen-bond donors (Lipinski definition) is 1. The number of rotatable bonds is 7. The standard InChI is InChI=1S/C21H26O4/c1-13(2)25-20-12-16(7-9-19(20)24-5)11-18(21(22)23)17-8-6-14(3)10-15(17)4/h6-10,12-13,18H,11H2,1-5H3,(H,22,23). The lowest BCUT2D eigenvalue weighted by atomic mass is 9.88. The molecule has 2 aromatic rings. The van der Waals surface area contributed by atoms with Gasteiger partial charge in [0.2, 0.25) is 0 Å². The van der Waals surface area contributed by atoms with E-state index in [1.165, 1.54) is 0 Å². The molecule has 2 aromatic carbocycles. The van der Waals surface area contributed by atoms with Crippen molar-refractivity contribution < 1.29 is 19.4 Å². The fourth-order valence-electron chi connectivity index (χ4n) is 2.98. The third kappa shape index (κ3) is 4.75. The average molecular weight is 342 g/mol. The number of aryl methyl sites for hydroxylation is 2. The van der Waals surface area contributed by atoms with Crippen molar-refractivity contribution in [1.82, 2.24) is 0 Å². The van der Waals surface area contributed by atoms with E-state index in [0.29, 0.717) is 17.9 Å². The van der Waals surface area contributed by atoms with E-state index in [0.717, 1.165) is 22.3 Å². The molecule has 0 radical (unpaired) electrons. The molecule has 4 heteroatoms. The van der Waals surface area contributed by atoms with E-state index < -0.39 is 11.9 Å². The minimum atomic E-state index is -0.825. The Morgan fingerprint density at radius 3 is 2.36 bits per heavy atom. The summed E-state index contributed by atoms with van der Waals surface area (Å²) in [6.45, 7) is 7.86. The van der Waals surface area contributed by atoms with Crippen LogP contribution in [0.4, 0.5) is 0 Å². The van der Waals surface area contributed by atoms with Crippen LogP contribution < -0.4 is 9.47 Å². The molecule has 4 nitrogen and oxygen atoms in total. The molecule has 0 aliphatic heterocycles. The van der Waals surface area contributed by atoms with Gasteiger partial charge in [0.25, 0.3) is 0 Å². The maximum atomic E-state index is 11.9. The summed E-state index contributed by atoms with van der Waals surface area (Å²) >= 11 is 0. The lowest BCUT2D eigenvalue weighted by Gasteiger charge is -2.18. The maximum Gasteiger partial charge on any atom is 0.311 e. The summed E-state index contributed by atoms with van der Waals surface area (Å²) < 4.78 is 11.1. The third-order valence-electron chi connectivity index (χ3n) is 4.13. The predicted octanol–water partition coefficient (Wildman–Crippen LogP) is 4.51. The molecule has 0 saturated carbocycles. The number of methoxy groups -OCH3 is 1. The Morgan fingerprint density at radius 1 is 1.08 bits per heavy atom. The summed E-state index contributed by atoms with van der Waals surface area (Å²) in [5, 5.41) is 9.74. The first-order valence-corrected chi connectivity index (χ1v) is 8.45. The molecule has 2 rings (SSSR count). The SMILES string of the molecule is COc1ccc(CC(C(=O)O)c2ccc(C)cc2C)cc1OC(C)C. The van der Waals surface area contributed by atoms with E-state index in [2.05, 4.69) is 0 Å². The second-order valence-electron chi connectivity index (χ2n) is 6.61. The van der Waals surface area contributed by atoms with Crippen LogP contribution in [0.2, 0.25) is 0 Å². The molecule has 1 N–H and O–H groups in total. The normalized spacial score (nSPS) is 12.1. The quantitative estimate of drug-likeness (QED) is 0.804. The first kappa shape index (κ1) is 18.8. The molecule has 0 aromatic heterocycles. The number of carboxylic acids is 1. The van der Waals surface area contributed by atoms with Gasteiger partial charge in [0.05, 0.1) is 19.1 Å². The van der Waals surface area contributed by atoms with E-state index in [1.807, 2.05) is 64.1 Å². The molecule has 25 heavy (non-hydrogen) atoms. The highest BCUT2D eigenvalue weighted by atomic mass is 16.5. The lowest BCUT2D eigenvalue weighted by molar-refractivity contribution is -0.138. The summed E-state index contributed by atoms with van der Waals surface area (Å²) in [5.74, 6) is -0.134. The molecule has 0 aliphatic rings. The zero-order valence-corrected chi connectivity index (χ0v) is 15.5. The van der Waals surface area contributed by atoms with Crippen molar-refractivity contribution in [2.24, 2.45) is 0 Å². The second kappa shape index (κ2) is 8.06. The fourth-order valence-corrected chi connectivity index (χ4v) is 2.98. The number of aliphatic carboxylic acids is 1. The van der Waals surface area contributed by atoms with Crippen LogP contribution in [-0.2, 0) is 11.2 Å². The fraction of sp³-hybridized carbons (Fsp3) is 0.381. The van der Waals surface area contributed by atoms with Gasteiger partial charge in [0.1, 0.15) is 0 Å². The Balaban J connectivity index is 2.35. The molecule has 134 valence electrons. The molecule has 1 atom stereocenters. The van der Waals surface area contributed by atoms with Gasteiger partial charge in [-0.2, -0.15) is 0 Å². The Bertz CT molecular complexity index is 750. The Labute approximate surface area is 149 Å². The molecule has 0 saturated heterocycles. The molecule has 0 bridgehead atoms. The van der Waals surface area contributed by atoms with Crippen molar-refractivity contribution in [2.75, 3.05) is 7.11 Å². The van der Waals surface area contributed by atoms with Crippen LogP contribution in [-0.4, -0.2) is 24.3 Å². The van der Waals surface area contributed by atoms with Crippen LogP contribution in [0.3, 0.4) is 0 Å². The van der Waals surface area contributed by atoms with Gasteiger partial charge in [-0.1, -0.05) is 29.8 Å². The molecular weight excluding hydrogens is 316 g/mol. The van der Waals surface area contributed by atoms with Crippen molar-refractivity contribution in [3.63, 3.8) is 0 Å². The third-order valence-corrected chi connectivity index (χ3v) is 4.13. The van der Waals surface area contributed by atoms with Gasteiger partial charge >= 0.3 is 5.97 Å². The molecule has 0 heterocycles. The summed E-state index contributed by atoms with van der Waals surface area (Å²) in [6.07, 6.45) is 0.413. The number of hydrogen-bond acceptors (Lipinski definition) is 3. The van der Waals surface area contributed by atoms with Gasteiger partial charge < -0.3 is 14.6 Å². The van der Waals surface area contributed by atoms with Gasteiger partial charge in [0, 0.05) is 0 Å². The molecule has 0 aliphatic carbocycles. The van der Waals surface area contributed by atoms with E-state index in [4.69, 9.17) is 9.47 Å².